The largest absolute Gasteiger partial charge is 1.00 e. The number of rotatable bonds is 6. The molecule has 37 heavy (non-hydrogen) atoms. The molecule has 0 aliphatic rings. The summed E-state index contributed by atoms with van der Waals surface area (Å²) in [5, 5.41) is 24.1. The fourth-order valence-corrected chi connectivity index (χ4v) is 7.15. The molecule has 8 nitrogen and oxygen atoms in total. The van der Waals surface area contributed by atoms with Gasteiger partial charge >= 0.3 is 17.1 Å². The molecular weight excluding hydrogens is 561 g/mol. The van der Waals surface area contributed by atoms with Crippen molar-refractivity contribution in [2.45, 2.75) is 25.7 Å². The maximum Gasteiger partial charge on any atom is 1.00 e. The zero-order chi connectivity index (χ0) is 27.6. The van der Waals surface area contributed by atoms with Gasteiger partial charge in [-0.2, -0.15) is 15.8 Å². The molecule has 3 rings (SSSR count). The minimum absolute atomic E-state index is 0. The number of ether oxygens (including phenoxy) is 2. The third-order valence-corrected chi connectivity index (χ3v) is 8.13. The Morgan fingerprint density at radius 2 is 0.973 bits per heavy atom. The molecule has 0 fully saturated rings. The van der Waals surface area contributed by atoms with Crippen molar-refractivity contribution in [3.63, 3.8) is 0 Å². The van der Waals surface area contributed by atoms with Crippen molar-refractivity contribution in [3.8, 4) is 29.7 Å². The molecule has 0 saturated carbocycles. The molecule has 0 aliphatic heterocycles. The van der Waals surface area contributed by atoms with E-state index in [1.807, 2.05) is 48.5 Å². The third-order valence-electron chi connectivity index (χ3n) is 4.18. The normalized spacial score (nSPS) is 8.97. The van der Waals surface area contributed by atoms with Crippen LogP contribution in [0, 0.1) is 34.0 Å². The van der Waals surface area contributed by atoms with Gasteiger partial charge in [0.2, 0.25) is 0 Å². The minimum atomic E-state index is -4.64. The summed E-state index contributed by atoms with van der Waals surface area (Å²) >= 11 is 0. The molecule has 11 heteroatoms. The first-order valence-corrected chi connectivity index (χ1v) is 13.2. The van der Waals surface area contributed by atoms with Crippen LogP contribution in [0.1, 0.15) is 20.8 Å². The van der Waals surface area contributed by atoms with Gasteiger partial charge in [-0.25, -0.2) is 8.42 Å². The molecule has 0 unspecified atom stereocenters. The third kappa shape index (κ3) is 11.5. The molecule has 0 aliphatic carbocycles. The topological polar surface area (TPSA) is 147 Å². The molecule has 0 aromatic heterocycles. The monoisotopic (exact) mass is 588 g/mol. The van der Waals surface area contributed by atoms with E-state index in [1.165, 1.54) is 26.8 Å². The van der Waals surface area contributed by atoms with Crippen molar-refractivity contribution in [2.75, 3.05) is 14.2 Å². The van der Waals surface area contributed by atoms with Crippen LogP contribution >= 0.6 is 7.92 Å². The van der Waals surface area contributed by atoms with Gasteiger partial charge in [-0.05, 0) is 36.4 Å². The van der Waals surface area contributed by atoms with Gasteiger partial charge in [0.1, 0.15) is 34.0 Å². The van der Waals surface area contributed by atoms with Gasteiger partial charge in [0.25, 0.3) is 0 Å². The summed E-state index contributed by atoms with van der Waals surface area (Å²) in [7, 11) is -3.41. The molecule has 0 bridgehead atoms. The van der Waals surface area contributed by atoms with E-state index in [2.05, 4.69) is 0 Å². The predicted octanol–water partition coefficient (Wildman–Crippen LogP) is 3.69. The second-order valence-corrected chi connectivity index (χ2v) is 10.1. The Morgan fingerprint density at radius 1 is 0.676 bits per heavy atom. The number of hydrogen-bond acceptors (Lipinski definition) is 8. The fourth-order valence-electron chi connectivity index (χ4n) is 3.03. The predicted molar refractivity (Wildman–Crippen MR) is 141 cm³/mol. The van der Waals surface area contributed by atoms with E-state index < -0.39 is 18.0 Å². The summed E-state index contributed by atoms with van der Waals surface area (Å²) < 4.78 is 46.8. The summed E-state index contributed by atoms with van der Waals surface area (Å²) in [6.45, 7) is 4.29. The maximum absolute atomic E-state index is 11.9. The van der Waals surface area contributed by atoms with Crippen LogP contribution < -0.4 is 25.4 Å². The number of nitriles is 3. The molecule has 0 amide bonds. The quantitative estimate of drug-likeness (QED) is 0.241. The first-order chi connectivity index (χ1) is 17.2. The Morgan fingerprint density at radius 3 is 1.30 bits per heavy atom. The Bertz CT molecular complexity index is 1260. The first-order valence-electron chi connectivity index (χ1n) is 10.3. The molecule has 0 spiro atoms. The molecule has 0 atom stereocenters. The number of methoxy groups -OCH3 is 2. The van der Waals surface area contributed by atoms with Crippen molar-refractivity contribution >= 4 is 34.0 Å². The molecule has 3 aromatic rings. The van der Waals surface area contributed by atoms with Gasteiger partial charge in [0.15, 0.2) is 11.5 Å². The first kappa shape index (κ1) is 35.7. The van der Waals surface area contributed by atoms with Crippen LogP contribution in [0.2, 0.25) is 0 Å². The van der Waals surface area contributed by atoms with Crippen molar-refractivity contribution in [1.82, 2.24) is 0 Å². The number of benzene rings is 3. The summed E-state index contributed by atoms with van der Waals surface area (Å²) in [6, 6.07) is 26.5. The summed E-state index contributed by atoms with van der Waals surface area (Å²) in [4.78, 5) is -0.212. The van der Waals surface area contributed by atoms with E-state index in [0.29, 0.717) is 16.8 Å². The van der Waals surface area contributed by atoms with Crippen LogP contribution in [-0.4, -0.2) is 27.2 Å². The van der Waals surface area contributed by atoms with Crippen LogP contribution in [0.25, 0.3) is 0 Å². The van der Waals surface area contributed by atoms with Crippen molar-refractivity contribution in [2.24, 2.45) is 0 Å². The number of hydrogen-bond donors (Lipinski definition) is 0. The second kappa shape index (κ2) is 19.7. The van der Waals surface area contributed by atoms with E-state index in [0.717, 1.165) is 10.6 Å². The Balaban J connectivity index is 0. The van der Waals surface area contributed by atoms with Crippen LogP contribution in [0.15, 0.2) is 77.7 Å². The molecular formula is C26H28CuN3O5PS+. The van der Waals surface area contributed by atoms with Gasteiger partial charge in [0.05, 0.1) is 37.3 Å². The molecule has 0 heterocycles. The van der Waals surface area contributed by atoms with Crippen molar-refractivity contribution < 1.29 is 39.5 Å². The van der Waals surface area contributed by atoms with Crippen molar-refractivity contribution in [1.29, 1.82) is 15.8 Å². The SMILES string of the molecule is CC#N.CC#N.CC#N.COc1ccccc1[PH+](c1ccccc1OC)c1ccccc1S(=O)(=O)[O-].[Cu+]. The van der Waals surface area contributed by atoms with Crippen molar-refractivity contribution in [3.05, 3.63) is 72.8 Å². The van der Waals surface area contributed by atoms with E-state index in [9.17, 15) is 13.0 Å². The van der Waals surface area contributed by atoms with Gasteiger partial charge in [0, 0.05) is 20.8 Å². The average Bonchev–Trinajstić information content (AvgIpc) is 2.86. The Labute approximate surface area is 231 Å². The van der Waals surface area contributed by atoms with E-state index in [-0.39, 0.29) is 22.0 Å². The molecule has 0 N–H and O–H groups in total. The molecule has 3 aromatic carbocycles. The zero-order valence-electron chi connectivity index (χ0n) is 21.0. The summed E-state index contributed by atoms with van der Waals surface area (Å²) in [5.41, 5.74) is 0. The maximum atomic E-state index is 11.9. The summed E-state index contributed by atoms with van der Waals surface area (Å²) in [6.07, 6.45) is 0. The zero-order valence-corrected chi connectivity index (χ0v) is 23.8. The smallest absolute Gasteiger partial charge is 0.744 e. The van der Waals surface area contributed by atoms with Crippen LogP contribution in [0.3, 0.4) is 0 Å². The van der Waals surface area contributed by atoms with Gasteiger partial charge in [-0.1, -0.05) is 36.4 Å². The van der Waals surface area contributed by atoms with E-state index >= 15 is 0 Å². The van der Waals surface area contributed by atoms with E-state index in [4.69, 9.17) is 25.3 Å². The number of nitrogens with zero attached hydrogens (tertiary/aromatic N) is 3. The van der Waals surface area contributed by atoms with Gasteiger partial charge in [-0.3, -0.25) is 0 Å². The van der Waals surface area contributed by atoms with E-state index in [1.54, 1.807) is 50.6 Å². The second-order valence-electron chi connectivity index (χ2n) is 6.40. The number of para-hydroxylation sites is 2. The standard InChI is InChI=1S/C20H19O5PS.3C2H3N.Cu/c1-24-15-9-3-5-11-17(15)26(18-12-6-4-10-16(18)25-2)19-13-7-8-14-20(19)27(21,22)23;3*1-2-3;/h3-14H,1-2H3,(H,21,22,23);3*1H3;/q;;;;+1. The molecule has 198 valence electrons. The Hall–Kier alpha value is -3.41. The van der Waals surface area contributed by atoms with Gasteiger partial charge < -0.3 is 14.0 Å². The van der Waals surface area contributed by atoms with Gasteiger partial charge in [-0.15, -0.1) is 0 Å². The van der Waals surface area contributed by atoms with Crippen LogP contribution in [0.5, 0.6) is 11.5 Å². The van der Waals surface area contributed by atoms with Crippen LogP contribution in [0.4, 0.5) is 0 Å². The summed E-state index contributed by atoms with van der Waals surface area (Å²) in [5.74, 6) is 1.27. The minimum Gasteiger partial charge on any atom is -0.744 e. The van der Waals surface area contributed by atoms with Crippen LogP contribution in [-0.2, 0) is 27.2 Å². The average molecular weight is 589 g/mol. The molecule has 0 saturated heterocycles. The Kier molecular flexibility index (Phi) is 19.1. The fraction of sp³-hybridized carbons (Fsp3) is 0.192. The molecule has 0 radical (unpaired) electrons.